The quantitative estimate of drug-likeness (QED) is 0.744. The number of carboxylic acids is 1. The average molecular weight is 263 g/mol. The van der Waals surface area contributed by atoms with Crippen molar-refractivity contribution < 1.29 is 9.90 Å². The molecule has 1 aromatic carbocycles. The molecule has 0 saturated carbocycles. The fraction of sp³-hybridized carbons (Fsp3) is 0.562. The van der Waals surface area contributed by atoms with Gasteiger partial charge in [-0.05, 0) is 56.8 Å². The molecule has 19 heavy (non-hydrogen) atoms. The number of hydrogen-bond acceptors (Lipinski definition) is 2. The van der Waals surface area contributed by atoms with Gasteiger partial charge in [0.15, 0.2) is 0 Å². The second-order valence-electron chi connectivity index (χ2n) is 5.27. The topological polar surface area (TPSA) is 49.3 Å². The van der Waals surface area contributed by atoms with Crippen molar-refractivity contribution in [2.45, 2.75) is 40.5 Å². The Labute approximate surface area is 116 Å². The van der Waals surface area contributed by atoms with Gasteiger partial charge in [0.2, 0.25) is 0 Å². The highest BCUT2D eigenvalue weighted by Gasteiger charge is 2.13. The van der Waals surface area contributed by atoms with E-state index < -0.39 is 5.97 Å². The number of aliphatic carboxylic acids is 1. The summed E-state index contributed by atoms with van der Waals surface area (Å²) in [7, 11) is 0. The Morgan fingerprint density at radius 1 is 1.26 bits per heavy atom. The van der Waals surface area contributed by atoms with Crippen molar-refractivity contribution in [1.82, 2.24) is 5.32 Å². The van der Waals surface area contributed by atoms with Gasteiger partial charge in [-0.1, -0.05) is 24.6 Å². The summed E-state index contributed by atoms with van der Waals surface area (Å²) in [5.41, 5.74) is 5.32. The van der Waals surface area contributed by atoms with Crippen molar-refractivity contribution in [3.05, 3.63) is 34.4 Å². The highest BCUT2D eigenvalue weighted by Crippen LogP contribution is 2.16. The van der Waals surface area contributed by atoms with Gasteiger partial charge in [-0.2, -0.15) is 0 Å². The molecule has 0 aliphatic heterocycles. The molecule has 1 rings (SSSR count). The van der Waals surface area contributed by atoms with E-state index in [9.17, 15) is 4.79 Å². The van der Waals surface area contributed by atoms with Crippen LogP contribution < -0.4 is 5.32 Å². The Balaban J connectivity index is 2.48. The molecule has 1 aromatic rings. The molecule has 2 N–H and O–H groups in total. The number of nitrogens with one attached hydrogen (secondary N) is 1. The summed E-state index contributed by atoms with van der Waals surface area (Å²) >= 11 is 0. The summed E-state index contributed by atoms with van der Waals surface area (Å²) in [5, 5.41) is 12.2. The molecule has 0 aliphatic rings. The number of aryl methyl sites for hydroxylation is 3. The van der Waals surface area contributed by atoms with Crippen LogP contribution in [0.1, 0.15) is 35.6 Å². The highest BCUT2D eigenvalue weighted by molar-refractivity contribution is 5.70. The van der Waals surface area contributed by atoms with Crippen LogP contribution in [-0.4, -0.2) is 24.2 Å². The van der Waals surface area contributed by atoms with Crippen molar-refractivity contribution in [3.8, 4) is 0 Å². The zero-order valence-electron chi connectivity index (χ0n) is 12.4. The molecule has 0 amide bonds. The van der Waals surface area contributed by atoms with Crippen molar-refractivity contribution in [3.63, 3.8) is 0 Å². The van der Waals surface area contributed by atoms with E-state index in [0.717, 1.165) is 13.0 Å². The lowest BCUT2D eigenvalue weighted by Crippen LogP contribution is -2.29. The second-order valence-corrected chi connectivity index (χ2v) is 5.27. The van der Waals surface area contributed by atoms with Crippen LogP contribution in [-0.2, 0) is 11.2 Å². The van der Waals surface area contributed by atoms with E-state index in [0.29, 0.717) is 13.0 Å². The lowest BCUT2D eigenvalue weighted by molar-refractivity contribution is -0.141. The van der Waals surface area contributed by atoms with Gasteiger partial charge in [0.05, 0.1) is 5.92 Å². The average Bonchev–Trinajstić information content (AvgIpc) is 2.31. The van der Waals surface area contributed by atoms with Crippen molar-refractivity contribution in [1.29, 1.82) is 0 Å². The van der Waals surface area contributed by atoms with Gasteiger partial charge in [0.25, 0.3) is 0 Å². The Morgan fingerprint density at radius 2 is 1.84 bits per heavy atom. The Kier molecular flexibility index (Phi) is 6.03. The SMILES string of the molecule is CCC(CNCCc1c(C)cc(C)cc1C)C(=O)O. The van der Waals surface area contributed by atoms with E-state index in [1.165, 1.54) is 22.3 Å². The smallest absolute Gasteiger partial charge is 0.307 e. The summed E-state index contributed by atoms with van der Waals surface area (Å²) in [6, 6.07) is 4.41. The fourth-order valence-corrected chi connectivity index (χ4v) is 2.50. The van der Waals surface area contributed by atoms with E-state index in [2.05, 4.69) is 38.2 Å². The van der Waals surface area contributed by atoms with Gasteiger partial charge < -0.3 is 10.4 Å². The van der Waals surface area contributed by atoms with Crippen LogP contribution >= 0.6 is 0 Å². The minimum absolute atomic E-state index is 0.278. The first-order chi connectivity index (χ1) is 8.95. The van der Waals surface area contributed by atoms with Crippen LogP contribution in [0.5, 0.6) is 0 Å². The van der Waals surface area contributed by atoms with Crippen LogP contribution in [0, 0.1) is 26.7 Å². The lowest BCUT2D eigenvalue weighted by Gasteiger charge is -2.14. The normalized spacial score (nSPS) is 12.4. The maximum atomic E-state index is 10.9. The molecule has 0 aliphatic carbocycles. The van der Waals surface area contributed by atoms with Gasteiger partial charge in [-0.3, -0.25) is 4.79 Å². The van der Waals surface area contributed by atoms with Crippen LogP contribution in [0.2, 0.25) is 0 Å². The summed E-state index contributed by atoms with van der Waals surface area (Å²) in [5.74, 6) is -0.988. The first kappa shape index (κ1) is 15.7. The van der Waals surface area contributed by atoms with E-state index in [1.807, 2.05) is 6.92 Å². The first-order valence-corrected chi connectivity index (χ1v) is 6.96. The Morgan fingerprint density at radius 3 is 2.32 bits per heavy atom. The standard InChI is InChI=1S/C16H25NO2/c1-5-14(16(18)19)10-17-7-6-15-12(3)8-11(2)9-13(15)4/h8-9,14,17H,5-7,10H2,1-4H3,(H,18,19). The Bertz CT molecular complexity index is 417. The van der Waals surface area contributed by atoms with Crippen LogP contribution in [0.25, 0.3) is 0 Å². The summed E-state index contributed by atoms with van der Waals surface area (Å²) < 4.78 is 0. The third-order valence-electron chi connectivity index (χ3n) is 3.62. The third kappa shape index (κ3) is 4.67. The first-order valence-electron chi connectivity index (χ1n) is 6.96. The molecule has 1 unspecified atom stereocenters. The minimum atomic E-state index is -0.710. The maximum absolute atomic E-state index is 10.9. The fourth-order valence-electron chi connectivity index (χ4n) is 2.50. The van der Waals surface area contributed by atoms with Gasteiger partial charge in [-0.15, -0.1) is 0 Å². The number of rotatable bonds is 7. The Hall–Kier alpha value is -1.35. The summed E-state index contributed by atoms with van der Waals surface area (Å²) in [6.45, 7) is 9.68. The molecule has 0 spiro atoms. The van der Waals surface area contributed by atoms with Gasteiger partial charge >= 0.3 is 5.97 Å². The largest absolute Gasteiger partial charge is 0.481 e. The van der Waals surface area contributed by atoms with Crippen molar-refractivity contribution in [2.75, 3.05) is 13.1 Å². The molecular formula is C16H25NO2. The van der Waals surface area contributed by atoms with Gasteiger partial charge in [-0.25, -0.2) is 0 Å². The predicted molar refractivity (Wildman–Crippen MR) is 78.6 cm³/mol. The number of carboxylic acid groups (broad SMARTS) is 1. The predicted octanol–water partition coefficient (Wildman–Crippen LogP) is 2.85. The second kappa shape index (κ2) is 7.29. The molecular weight excluding hydrogens is 238 g/mol. The van der Waals surface area contributed by atoms with Gasteiger partial charge in [0, 0.05) is 6.54 Å². The van der Waals surface area contributed by atoms with Crippen molar-refractivity contribution in [2.24, 2.45) is 5.92 Å². The third-order valence-corrected chi connectivity index (χ3v) is 3.62. The molecule has 0 bridgehead atoms. The molecule has 0 saturated heterocycles. The zero-order chi connectivity index (χ0) is 14.4. The van der Waals surface area contributed by atoms with Gasteiger partial charge in [0.1, 0.15) is 0 Å². The van der Waals surface area contributed by atoms with Crippen LogP contribution in [0.4, 0.5) is 0 Å². The number of hydrogen-bond donors (Lipinski definition) is 2. The minimum Gasteiger partial charge on any atom is -0.481 e. The number of benzene rings is 1. The highest BCUT2D eigenvalue weighted by atomic mass is 16.4. The molecule has 106 valence electrons. The summed E-state index contributed by atoms with van der Waals surface area (Å²) in [4.78, 5) is 10.9. The van der Waals surface area contributed by atoms with E-state index in [4.69, 9.17) is 5.11 Å². The molecule has 0 aromatic heterocycles. The van der Waals surface area contributed by atoms with E-state index >= 15 is 0 Å². The molecule has 3 heteroatoms. The lowest BCUT2D eigenvalue weighted by atomic mass is 9.97. The maximum Gasteiger partial charge on any atom is 0.307 e. The van der Waals surface area contributed by atoms with Crippen LogP contribution in [0.15, 0.2) is 12.1 Å². The van der Waals surface area contributed by atoms with Crippen molar-refractivity contribution >= 4 is 5.97 Å². The van der Waals surface area contributed by atoms with E-state index in [-0.39, 0.29) is 5.92 Å². The molecule has 0 fully saturated rings. The molecule has 0 radical (unpaired) electrons. The molecule has 0 heterocycles. The monoisotopic (exact) mass is 263 g/mol. The number of carbonyl (C=O) groups is 1. The summed E-state index contributed by atoms with van der Waals surface area (Å²) in [6.07, 6.45) is 1.62. The van der Waals surface area contributed by atoms with E-state index in [1.54, 1.807) is 0 Å². The molecule has 1 atom stereocenters. The van der Waals surface area contributed by atoms with Crippen LogP contribution in [0.3, 0.4) is 0 Å². The zero-order valence-corrected chi connectivity index (χ0v) is 12.4. The molecule has 3 nitrogen and oxygen atoms in total.